The first kappa shape index (κ1) is 15.2. The Bertz CT molecular complexity index is 869. The number of nitrogens with zero attached hydrogens (tertiary/aromatic N) is 3. The predicted molar refractivity (Wildman–Crippen MR) is 84.4 cm³/mol. The maximum absolute atomic E-state index is 11.4. The van der Waals surface area contributed by atoms with Gasteiger partial charge in [0.05, 0.1) is 17.0 Å². The minimum atomic E-state index is -1.13. The average Bonchev–Trinajstić information content (AvgIpc) is 2.86. The number of carboxylic acid groups (broad SMARTS) is 1. The van der Waals surface area contributed by atoms with Gasteiger partial charge in [-0.1, -0.05) is 28.9 Å². The second-order valence-corrected chi connectivity index (χ2v) is 5.41. The molecule has 2 aromatic heterocycles. The Morgan fingerprint density at radius 1 is 1.17 bits per heavy atom. The van der Waals surface area contributed by atoms with Crippen molar-refractivity contribution < 1.29 is 14.4 Å². The van der Waals surface area contributed by atoms with E-state index in [0.29, 0.717) is 27.7 Å². The maximum Gasteiger partial charge on any atom is 0.354 e. The highest BCUT2D eigenvalue weighted by atomic mass is 35.5. The fraction of sp³-hybridized carbons (Fsp3) is 0.125. The molecule has 0 fully saturated rings. The highest BCUT2D eigenvalue weighted by Crippen LogP contribution is 2.27. The van der Waals surface area contributed by atoms with Gasteiger partial charge < -0.3 is 9.63 Å². The normalized spacial score (nSPS) is 10.7. The van der Waals surface area contributed by atoms with E-state index in [1.54, 1.807) is 38.1 Å². The monoisotopic (exact) mass is 329 g/mol. The van der Waals surface area contributed by atoms with E-state index in [-0.39, 0.29) is 11.5 Å². The predicted octanol–water partition coefficient (Wildman–Crippen LogP) is 3.77. The standard InChI is InChI=1S/C16H12ClN3O3/c1-8-14(9(2)23-20-8)15-18-12(7-13(19-15)16(21)22)10-3-5-11(17)6-4-10/h3-7H,1-2H3,(H,21,22). The molecule has 1 aromatic carbocycles. The van der Waals surface area contributed by atoms with E-state index in [9.17, 15) is 9.90 Å². The van der Waals surface area contributed by atoms with Gasteiger partial charge in [0.1, 0.15) is 5.76 Å². The number of aryl methyl sites for hydroxylation is 2. The third-order valence-corrected chi connectivity index (χ3v) is 3.59. The lowest BCUT2D eigenvalue weighted by molar-refractivity contribution is 0.0690. The topological polar surface area (TPSA) is 89.1 Å². The minimum absolute atomic E-state index is 0.0973. The molecule has 6 nitrogen and oxygen atoms in total. The molecular weight excluding hydrogens is 318 g/mol. The molecule has 0 aliphatic heterocycles. The molecule has 1 N–H and O–H groups in total. The van der Waals surface area contributed by atoms with E-state index >= 15 is 0 Å². The molecule has 7 heteroatoms. The van der Waals surface area contributed by atoms with E-state index in [1.165, 1.54) is 6.07 Å². The highest BCUT2D eigenvalue weighted by molar-refractivity contribution is 6.30. The van der Waals surface area contributed by atoms with Gasteiger partial charge in [-0.25, -0.2) is 14.8 Å². The fourth-order valence-electron chi connectivity index (χ4n) is 2.24. The van der Waals surface area contributed by atoms with Crippen LogP contribution in [-0.2, 0) is 0 Å². The molecule has 0 saturated heterocycles. The van der Waals surface area contributed by atoms with Crippen LogP contribution in [0, 0.1) is 13.8 Å². The molecule has 0 saturated carbocycles. The van der Waals surface area contributed by atoms with Gasteiger partial charge in [0.2, 0.25) is 0 Å². The zero-order valence-corrected chi connectivity index (χ0v) is 13.1. The Balaban J connectivity index is 2.22. The summed E-state index contributed by atoms with van der Waals surface area (Å²) in [4.78, 5) is 19.9. The van der Waals surface area contributed by atoms with Crippen molar-refractivity contribution in [2.45, 2.75) is 13.8 Å². The quantitative estimate of drug-likeness (QED) is 0.786. The van der Waals surface area contributed by atoms with Crippen LogP contribution in [0.15, 0.2) is 34.9 Å². The Kier molecular flexibility index (Phi) is 3.83. The fourth-order valence-corrected chi connectivity index (χ4v) is 2.37. The molecule has 3 rings (SSSR count). The molecule has 0 amide bonds. The molecule has 0 bridgehead atoms. The number of aromatic nitrogens is 3. The van der Waals surface area contributed by atoms with Crippen LogP contribution in [0.25, 0.3) is 22.6 Å². The van der Waals surface area contributed by atoms with Crippen LogP contribution in [0.3, 0.4) is 0 Å². The number of hydrogen-bond acceptors (Lipinski definition) is 5. The summed E-state index contributed by atoms with van der Waals surface area (Å²) in [6, 6.07) is 8.40. The Labute approximate surface area is 136 Å². The Morgan fingerprint density at radius 3 is 2.43 bits per heavy atom. The summed E-state index contributed by atoms with van der Waals surface area (Å²) in [5.74, 6) is -0.325. The first-order chi connectivity index (χ1) is 11.0. The van der Waals surface area contributed by atoms with Crippen LogP contribution in [-0.4, -0.2) is 26.2 Å². The third-order valence-electron chi connectivity index (χ3n) is 3.34. The lowest BCUT2D eigenvalue weighted by atomic mass is 10.1. The summed E-state index contributed by atoms with van der Waals surface area (Å²) in [6.45, 7) is 3.48. The number of aromatic carboxylic acids is 1. The Morgan fingerprint density at radius 2 is 1.87 bits per heavy atom. The zero-order valence-electron chi connectivity index (χ0n) is 12.4. The van der Waals surface area contributed by atoms with E-state index in [0.717, 1.165) is 5.56 Å². The van der Waals surface area contributed by atoms with Crippen molar-refractivity contribution in [3.05, 3.63) is 52.5 Å². The molecular formula is C16H12ClN3O3. The number of hydrogen-bond donors (Lipinski definition) is 1. The molecule has 0 aliphatic rings. The molecule has 0 unspecified atom stereocenters. The minimum Gasteiger partial charge on any atom is -0.477 e. The summed E-state index contributed by atoms with van der Waals surface area (Å²) in [5.41, 5.74) is 2.34. The third kappa shape index (κ3) is 2.93. The number of rotatable bonds is 3. The van der Waals surface area contributed by atoms with Gasteiger partial charge in [-0.15, -0.1) is 0 Å². The van der Waals surface area contributed by atoms with Gasteiger partial charge in [-0.05, 0) is 32.0 Å². The molecule has 0 aliphatic carbocycles. The summed E-state index contributed by atoms with van der Waals surface area (Å²) in [5, 5.41) is 13.8. The van der Waals surface area contributed by atoms with Gasteiger partial charge in [0, 0.05) is 10.6 Å². The van der Waals surface area contributed by atoms with Crippen molar-refractivity contribution in [2.24, 2.45) is 0 Å². The van der Waals surface area contributed by atoms with Crippen molar-refractivity contribution in [3.8, 4) is 22.6 Å². The lowest BCUT2D eigenvalue weighted by Crippen LogP contribution is -2.05. The lowest BCUT2D eigenvalue weighted by Gasteiger charge is -2.06. The van der Waals surface area contributed by atoms with Crippen molar-refractivity contribution in [1.82, 2.24) is 15.1 Å². The summed E-state index contributed by atoms with van der Waals surface area (Å²) < 4.78 is 5.12. The van der Waals surface area contributed by atoms with E-state index in [4.69, 9.17) is 16.1 Å². The Hall–Kier alpha value is -2.73. The van der Waals surface area contributed by atoms with Gasteiger partial charge in [0.25, 0.3) is 0 Å². The van der Waals surface area contributed by atoms with Crippen molar-refractivity contribution in [3.63, 3.8) is 0 Å². The molecule has 0 spiro atoms. The largest absolute Gasteiger partial charge is 0.477 e. The number of carboxylic acids is 1. The molecule has 3 aromatic rings. The van der Waals surface area contributed by atoms with Crippen LogP contribution < -0.4 is 0 Å². The second-order valence-electron chi connectivity index (χ2n) is 4.97. The SMILES string of the molecule is Cc1noc(C)c1-c1nc(C(=O)O)cc(-c2ccc(Cl)cc2)n1. The van der Waals surface area contributed by atoms with E-state index in [2.05, 4.69) is 15.1 Å². The molecule has 0 atom stereocenters. The highest BCUT2D eigenvalue weighted by Gasteiger charge is 2.18. The number of halogens is 1. The van der Waals surface area contributed by atoms with Crippen LogP contribution >= 0.6 is 11.6 Å². The first-order valence-electron chi connectivity index (χ1n) is 6.77. The van der Waals surface area contributed by atoms with Gasteiger partial charge in [-0.2, -0.15) is 0 Å². The van der Waals surface area contributed by atoms with E-state index < -0.39 is 5.97 Å². The molecule has 0 radical (unpaired) electrons. The average molecular weight is 330 g/mol. The van der Waals surface area contributed by atoms with Gasteiger partial charge in [0.15, 0.2) is 11.5 Å². The first-order valence-corrected chi connectivity index (χ1v) is 7.15. The smallest absolute Gasteiger partial charge is 0.354 e. The van der Waals surface area contributed by atoms with Crippen LogP contribution in [0.4, 0.5) is 0 Å². The molecule has 116 valence electrons. The zero-order chi connectivity index (χ0) is 16.6. The van der Waals surface area contributed by atoms with Crippen molar-refractivity contribution in [2.75, 3.05) is 0 Å². The van der Waals surface area contributed by atoms with Gasteiger partial charge >= 0.3 is 5.97 Å². The summed E-state index contributed by atoms with van der Waals surface area (Å²) >= 11 is 5.89. The number of carbonyl (C=O) groups is 1. The second kappa shape index (κ2) is 5.81. The van der Waals surface area contributed by atoms with E-state index in [1.807, 2.05) is 0 Å². The van der Waals surface area contributed by atoms with Gasteiger partial charge in [-0.3, -0.25) is 0 Å². The van der Waals surface area contributed by atoms with Crippen LogP contribution in [0.2, 0.25) is 5.02 Å². The number of benzene rings is 1. The summed E-state index contributed by atoms with van der Waals surface area (Å²) in [7, 11) is 0. The molecule has 23 heavy (non-hydrogen) atoms. The van der Waals surface area contributed by atoms with Crippen molar-refractivity contribution in [1.29, 1.82) is 0 Å². The maximum atomic E-state index is 11.4. The van der Waals surface area contributed by atoms with Crippen molar-refractivity contribution >= 4 is 17.6 Å². The molecule has 2 heterocycles. The van der Waals surface area contributed by atoms with Crippen LogP contribution in [0.5, 0.6) is 0 Å². The van der Waals surface area contributed by atoms with Crippen LogP contribution in [0.1, 0.15) is 21.9 Å². The summed E-state index contributed by atoms with van der Waals surface area (Å²) in [6.07, 6.45) is 0.